The number of methoxy groups -OCH3 is 1. The SMILES string of the molecule is COc1ccc2nc(-c3ccccc3)c(C(O)c3ccccc3C#N)nc2c1. The molecule has 0 bridgehead atoms. The van der Waals surface area contributed by atoms with Crippen molar-refractivity contribution in [3.05, 3.63) is 89.6 Å². The van der Waals surface area contributed by atoms with Crippen LogP contribution in [-0.4, -0.2) is 22.2 Å². The van der Waals surface area contributed by atoms with Gasteiger partial charge in [0.1, 0.15) is 17.5 Å². The minimum atomic E-state index is -1.09. The molecule has 0 aliphatic carbocycles. The van der Waals surface area contributed by atoms with Crippen molar-refractivity contribution >= 4 is 11.0 Å². The molecule has 5 nitrogen and oxygen atoms in total. The first-order valence-corrected chi connectivity index (χ1v) is 8.79. The number of benzene rings is 3. The fourth-order valence-corrected chi connectivity index (χ4v) is 3.16. The third-order valence-corrected chi connectivity index (χ3v) is 4.58. The van der Waals surface area contributed by atoms with Crippen LogP contribution in [0.4, 0.5) is 0 Å². The average molecular weight is 367 g/mol. The van der Waals surface area contributed by atoms with Crippen LogP contribution in [0.1, 0.15) is 22.9 Å². The first-order valence-electron chi connectivity index (χ1n) is 8.79. The quantitative estimate of drug-likeness (QED) is 0.583. The Bertz CT molecular complexity index is 1180. The maximum atomic E-state index is 11.1. The summed E-state index contributed by atoms with van der Waals surface area (Å²) in [4.78, 5) is 9.47. The van der Waals surface area contributed by atoms with Gasteiger partial charge in [0.25, 0.3) is 0 Å². The molecule has 0 fully saturated rings. The highest BCUT2D eigenvalue weighted by Gasteiger charge is 2.22. The van der Waals surface area contributed by atoms with E-state index in [1.807, 2.05) is 42.5 Å². The molecule has 28 heavy (non-hydrogen) atoms. The number of ether oxygens (including phenoxy) is 1. The summed E-state index contributed by atoms with van der Waals surface area (Å²) < 4.78 is 5.29. The van der Waals surface area contributed by atoms with Crippen LogP contribution < -0.4 is 4.74 Å². The van der Waals surface area contributed by atoms with E-state index in [1.54, 1.807) is 37.4 Å². The van der Waals surface area contributed by atoms with Gasteiger partial charge in [0.2, 0.25) is 0 Å². The molecule has 4 rings (SSSR count). The van der Waals surface area contributed by atoms with Gasteiger partial charge in [0.15, 0.2) is 0 Å². The molecule has 136 valence electrons. The van der Waals surface area contributed by atoms with Gasteiger partial charge in [0.05, 0.1) is 35.5 Å². The maximum absolute atomic E-state index is 11.1. The molecule has 1 heterocycles. The fraction of sp³-hybridized carbons (Fsp3) is 0.0870. The first kappa shape index (κ1) is 17.7. The van der Waals surface area contributed by atoms with E-state index in [0.717, 1.165) is 5.56 Å². The molecule has 0 radical (unpaired) electrons. The van der Waals surface area contributed by atoms with E-state index >= 15 is 0 Å². The predicted octanol–water partition coefficient (Wildman–Crippen LogP) is 4.26. The van der Waals surface area contributed by atoms with Crippen LogP contribution >= 0.6 is 0 Å². The number of aliphatic hydroxyl groups excluding tert-OH is 1. The maximum Gasteiger partial charge on any atom is 0.124 e. The highest BCUT2D eigenvalue weighted by atomic mass is 16.5. The van der Waals surface area contributed by atoms with Crippen molar-refractivity contribution in [2.24, 2.45) is 0 Å². The molecule has 0 aliphatic heterocycles. The lowest BCUT2D eigenvalue weighted by Gasteiger charge is -2.17. The molecule has 0 spiro atoms. The number of hydrogen-bond acceptors (Lipinski definition) is 5. The molecule has 4 aromatic rings. The van der Waals surface area contributed by atoms with Crippen LogP contribution in [0, 0.1) is 11.3 Å². The molecule has 3 aromatic carbocycles. The van der Waals surface area contributed by atoms with Crippen molar-refractivity contribution in [2.45, 2.75) is 6.10 Å². The molecule has 0 aliphatic rings. The van der Waals surface area contributed by atoms with Gasteiger partial charge in [0, 0.05) is 17.2 Å². The summed E-state index contributed by atoms with van der Waals surface area (Å²) in [5.74, 6) is 0.659. The van der Waals surface area contributed by atoms with Crippen LogP contribution in [0.15, 0.2) is 72.8 Å². The minimum Gasteiger partial charge on any atom is -0.497 e. The van der Waals surface area contributed by atoms with Gasteiger partial charge in [-0.05, 0) is 18.2 Å². The van der Waals surface area contributed by atoms with Crippen molar-refractivity contribution in [2.75, 3.05) is 7.11 Å². The Balaban J connectivity index is 1.97. The summed E-state index contributed by atoms with van der Waals surface area (Å²) in [7, 11) is 1.59. The number of aliphatic hydroxyl groups is 1. The van der Waals surface area contributed by atoms with Gasteiger partial charge in [-0.1, -0.05) is 48.5 Å². The number of nitrogens with zero attached hydrogens (tertiary/aromatic N) is 3. The summed E-state index contributed by atoms with van der Waals surface area (Å²) in [5, 5.41) is 20.6. The number of hydrogen-bond donors (Lipinski definition) is 1. The first-order chi connectivity index (χ1) is 13.7. The Morgan fingerprint density at radius 1 is 0.929 bits per heavy atom. The smallest absolute Gasteiger partial charge is 0.124 e. The second-order valence-electron chi connectivity index (χ2n) is 6.28. The topological polar surface area (TPSA) is 79.0 Å². The predicted molar refractivity (Wildman–Crippen MR) is 107 cm³/mol. The van der Waals surface area contributed by atoms with E-state index in [2.05, 4.69) is 6.07 Å². The van der Waals surface area contributed by atoms with E-state index in [1.165, 1.54) is 0 Å². The third-order valence-electron chi connectivity index (χ3n) is 4.58. The summed E-state index contributed by atoms with van der Waals surface area (Å²) in [6.45, 7) is 0. The summed E-state index contributed by atoms with van der Waals surface area (Å²) in [6, 6.07) is 24.1. The molecular weight excluding hydrogens is 350 g/mol. The summed E-state index contributed by atoms with van der Waals surface area (Å²) in [6.07, 6.45) is -1.09. The minimum absolute atomic E-state index is 0.398. The van der Waals surface area contributed by atoms with Gasteiger partial charge >= 0.3 is 0 Å². The Labute approximate surface area is 162 Å². The second kappa shape index (κ2) is 7.47. The number of rotatable bonds is 4. The molecule has 0 saturated carbocycles. The van der Waals surface area contributed by atoms with E-state index < -0.39 is 6.10 Å². The summed E-state index contributed by atoms with van der Waals surface area (Å²) in [5.41, 5.74) is 4.04. The molecule has 1 N–H and O–H groups in total. The van der Waals surface area contributed by atoms with Crippen LogP contribution in [0.3, 0.4) is 0 Å². The zero-order valence-electron chi connectivity index (χ0n) is 15.2. The zero-order chi connectivity index (χ0) is 19.5. The largest absolute Gasteiger partial charge is 0.497 e. The normalized spacial score (nSPS) is 11.8. The second-order valence-corrected chi connectivity index (χ2v) is 6.28. The van der Waals surface area contributed by atoms with Crippen LogP contribution in [0.5, 0.6) is 5.75 Å². The molecule has 1 aromatic heterocycles. The number of fused-ring (bicyclic) bond motifs is 1. The highest BCUT2D eigenvalue weighted by molar-refractivity contribution is 5.80. The van der Waals surface area contributed by atoms with E-state index in [-0.39, 0.29) is 0 Å². The van der Waals surface area contributed by atoms with E-state index in [0.29, 0.717) is 39.3 Å². The fourth-order valence-electron chi connectivity index (χ4n) is 3.16. The van der Waals surface area contributed by atoms with Gasteiger partial charge in [-0.15, -0.1) is 0 Å². The Hall–Kier alpha value is -3.75. The van der Waals surface area contributed by atoms with Crippen molar-refractivity contribution in [1.82, 2.24) is 9.97 Å². The molecule has 0 saturated heterocycles. The van der Waals surface area contributed by atoms with Gasteiger partial charge in [-0.2, -0.15) is 5.26 Å². The summed E-state index contributed by atoms with van der Waals surface area (Å²) >= 11 is 0. The van der Waals surface area contributed by atoms with Crippen LogP contribution in [-0.2, 0) is 0 Å². The van der Waals surface area contributed by atoms with Gasteiger partial charge in [-0.25, -0.2) is 9.97 Å². The lowest BCUT2D eigenvalue weighted by Crippen LogP contribution is -2.08. The van der Waals surface area contributed by atoms with Crippen molar-refractivity contribution in [3.63, 3.8) is 0 Å². The lowest BCUT2D eigenvalue weighted by molar-refractivity contribution is 0.215. The van der Waals surface area contributed by atoms with Crippen molar-refractivity contribution < 1.29 is 9.84 Å². The van der Waals surface area contributed by atoms with Gasteiger partial charge in [-0.3, -0.25) is 0 Å². The van der Waals surface area contributed by atoms with Crippen molar-refractivity contribution in [3.8, 4) is 23.1 Å². The molecule has 1 atom stereocenters. The average Bonchev–Trinajstić information content (AvgIpc) is 2.77. The molecular formula is C23H17N3O2. The third kappa shape index (κ3) is 3.18. The zero-order valence-corrected chi connectivity index (χ0v) is 15.2. The molecule has 5 heteroatoms. The van der Waals surface area contributed by atoms with E-state index in [4.69, 9.17) is 14.7 Å². The molecule has 0 amide bonds. The van der Waals surface area contributed by atoms with E-state index in [9.17, 15) is 10.4 Å². The monoisotopic (exact) mass is 367 g/mol. The van der Waals surface area contributed by atoms with Crippen molar-refractivity contribution in [1.29, 1.82) is 5.26 Å². The van der Waals surface area contributed by atoms with Crippen LogP contribution in [0.2, 0.25) is 0 Å². The standard InChI is InChI=1S/C23H17N3O2/c1-28-17-11-12-19-20(13-17)26-22(21(25-19)15-7-3-2-4-8-15)23(27)18-10-6-5-9-16(18)14-24/h2-13,23,27H,1H3. The highest BCUT2D eigenvalue weighted by Crippen LogP contribution is 2.32. The Kier molecular flexibility index (Phi) is 4.71. The van der Waals surface area contributed by atoms with Crippen LogP contribution in [0.25, 0.3) is 22.3 Å². The Morgan fingerprint density at radius 2 is 1.68 bits per heavy atom. The number of nitriles is 1. The Morgan fingerprint density at radius 3 is 2.43 bits per heavy atom. The lowest BCUT2D eigenvalue weighted by atomic mass is 9.97. The molecule has 1 unspecified atom stereocenters. The number of aromatic nitrogens is 2. The van der Waals surface area contributed by atoms with Gasteiger partial charge < -0.3 is 9.84 Å².